The first kappa shape index (κ1) is 16.8. The molecule has 1 aliphatic heterocycles. The number of amides is 1. The van der Waals surface area contributed by atoms with Crippen LogP contribution < -0.4 is 0 Å². The van der Waals surface area contributed by atoms with Crippen molar-refractivity contribution in [3.05, 3.63) is 34.4 Å². The number of carbonyl (C=O) groups excluding carboxylic acids is 1. The minimum absolute atomic E-state index is 0.109. The fraction of sp³-hybridized carbons (Fsp3) is 0.417. The van der Waals surface area contributed by atoms with E-state index in [2.05, 4.69) is 15.9 Å². The third-order valence-corrected chi connectivity index (χ3v) is 5.81. The number of nitrogens with zero attached hydrogens (tertiary/aromatic N) is 3. The van der Waals surface area contributed by atoms with Crippen molar-refractivity contribution in [3.63, 3.8) is 0 Å². The zero-order chi connectivity index (χ0) is 16.3. The summed E-state index contributed by atoms with van der Waals surface area (Å²) in [5.74, 6) is -0.109. The predicted octanol–water partition coefficient (Wildman–Crippen LogP) is 0.823. The van der Waals surface area contributed by atoms with E-state index in [1.54, 1.807) is 4.90 Å². The smallest absolute Gasteiger partial charge is 0.289 e. The Hall–Kier alpha value is -1.52. The molecule has 8 nitrogen and oxygen atoms in total. The molecule has 0 aromatic heterocycles. The van der Waals surface area contributed by atoms with Gasteiger partial charge in [0.25, 0.3) is 5.69 Å². The molecule has 2 rings (SSSR count). The number of piperazine rings is 1. The maximum absolute atomic E-state index is 12.6. The Morgan fingerprint density at radius 1 is 1.23 bits per heavy atom. The van der Waals surface area contributed by atoms with E-state index in [0.717, 1.165) is 6.07 Å². The topological polar surface area (TPSA) is 101 Å². The number of benzene rings is 1. The van der Waals surface area contributed by atoms with Crippen molar-refractivity contribution < 1.29 is 18.1 Å². The molecule has 0 bridgehead atoms. The molecule has 0 atom stereocenters. The molecule has 0 spiro atoms. The van der Waals surface area contributed by atoms with Crippen molar-refractivity contribution in [3.8, 4) is 0 Å². The van der Waals surface area contributed by atoms with Gasteiger partial charge in [0.2, 0.25) is 15.9 Å². The van der Waals surface area contributed by atoms with Crippen LogP contribution in [0.15, 0.2) is 29.2 Å². The van der Waals surface area contributed by atoms with Gasteiger partial charge in [0, 0.05) is 32.2 Å². The maximum atomic E-state index is 12.6. The van der Waals surface area contributed by atoms with Crippen LogP contribution in [0.4, 0.5) is 5.69 Å². The number of nitro benzene ring substituents is 1. The minimum atomic E-state index is -3.95. The van der Waals surface area contributed by atoms with Crippen LogP contribution in [0, 0.1) is 10.1 Å². The average Bonchev–Trinajstić information content (AvgIpc) is 2.54. The highest BCUT2D eigenvalue weighted by atomic mass is 79.9. The molecule has 0 saturated carbocycles. The van der Waals surface area contributed by atoms with Crippen LogP contribution in [-0.4, -0.2) is 60.0 Å². The van der Waals surface area contributed by atoms with Gasteiger partial charge in [0.15, 0.2) is 4.90 Å². The summed E-state index contributed by atoms with van der Waals surface area (Å²) in [6.07, 6.45) is 0. The summed E-state index contributed by atoms with van der Waals surface area (Å²) in [7, 11) is -3.95. The SMILES string of the molecule is O=C(CBr)N1CCN(S(=O)(=O)c2ccccc2[N+](=O)[O-])CC1. The van der Waals surface area contributed by atoms with Crippen molar-refractivity contribution in [1.82, 2.24) is 9.21 Å². The number of hydrogen-bond donors (Lipinski definition) is 0. The van der Waals surface area contributed by atoms with Gasteiger partial charge in [-0.3, -0.25) is 14.9 Å². The number of carbonyl (C=O) groups is 1. The highest BCUT2D eigenvalue weighted by Gasteiger charge is 2.34. The lowest BCUT2D eigenvalue weighted by molar-refractivity contribution is -0.387. The molecule has 0 unspecified atom stereocenters. The second-order valence-electron chi connectivity index (χ2n) is 4.64. The minimum Gasteiger partial charge on any atom is -0.339 e. The van der Waals surface area contributed by atoms with Gasteiger partial charge in [-0.15, -0.1) is 0 Å². The Labute approximate surface area is 136 Å². The lowest BCUT2D eigenvalue weighted by Gasteiger charge is -2.33. The monoisotopic (exact) mass is 391 g/mol. The van der Waals surface area contributed by atoms with Crippen LogP contribution in [-0.2, 0) is 14.8 Å². The molecule has 1 fully saturated rings. The molecule has 1 amide bonds. The van der Waals surface area contributed by atoms with Gasteiger partial charge in [-0.2, -0.15) is 4.31 Å². The summed E-state index contributed by atoms with van der Waals surface area (Å²) in [5, 5.41) is 11.2. The average molecular weight is 392 g/mol. The first-order valence-electron chi connectivity index (χ1n) is 6.45. The van der Waals surface area contributed by atoms with Crippen LogP contribution in [0.5, 0.6) is 0 Å². The van der Waals surface area contributed by atoms with Crippen LogP contribution in [0.2, 0.25) is 0 Å². The largest absolute Gasteiger partial charge is 0.339 e. The third kappa shape index (κ3) is 3.28. The number of halogens is 1. The van der Waals surface area contributed by atoms with Crippen LogP contribution in [0.25, 0.3) is 0 Å². The summed E-state index contributed by atoms with van der Waals surface area (Å²) < 4.78 is 26.3. The number of para-hydroxylation sites is 1. The number of hydrogen-bond acceptors (Lipinski definition) is 5. The zero-order valence-corrected chi connectivity index (χ0v) is 13.9. The molecule has 1 aliphatic rings. The number of alkyl halides is 1. The number of rotatable bonds is 4. The van der Waals surface area contributed by atoms with Crippen molar-refractivity contribution in [2.24, 2.45) is 0 Å². The summed E-state index contributed by atoms with van der Waals surface area (Å²) in [6, 6.07) is 5.26. The Morgan fingerprint density at radius 2 is 1.82 bits per heavy atom. The molecule has 1 saturated heterocycles. The van der Waals surface area contributed by atoms with Crippen molar-refractivity contribution >= 4 is 37.5 Å². The van der Waals surface area contributed by atoms with E-state index < -0.39 is 20.6 Å². The van der Waals surface area contributed by atoms with E-state index in [9.17, 15) is 23.3 Å². The summed E-state index contributed by atoms with van der Waals surface area (Å²) in [5.41, 5.74) is -0.443. The van der Waals surface area contributed by atoms with Crippen LogP contribution >= 0.6 is 15.9 Å². The van der Waals surface area contributed by atoms with E-state index in [-0.39, 0.29) is 42.3 Å². The summed E-state index contributed by atoms with van der Waals surface area (Å²) in [4.78, 5) is 23.1. The van der Waals surface area contributed by atoms with E-state index in [4.69, 9.17) is 0 Å². The summed E-state index contributed by atoms with van der Waals surface area (Å²) >= 11 is 3.07. The second-order valence-corrected chi connectivity index (χ2v) is 7.11. The predicted molar refractivity (Wildman–Crippen MR) is 82.2 cm³/mol. The third-order valence-electron chi connectivity index (χ3n) is 3.39. The Balaban J connectivity index is 2.23. The molecule has 22 heavy (non-hydrogen) atoms. The van der Waals surface area contributed by atoms with Gasteiger partial charge in [-0.25, -0.2) is 8.42 Å². The molecular weight excluding hydrogens is 378 g/mol. The quantitative estimate of drug-likeness (QED) is 0.429. The molecule has 0 N–H and O–H groups in total. The zero-order valence-electron chi connectivity index (χ0n) is 11.5. The first-order valence-corrected chi connectivity index (χ1v) is 9.01. The molecular formula is C12H14BrN3O5S. The Bertz CT molecular complexity index is 686. The van der Waals surface area contributed by atoms with Crippen molar-refractivity contribution in [1.29, 1.82) is 0 Å². The molecule has 1 heterocycles. The Morgan fingerprint density at radius 3 is 2.36 bits per heavy atom. The second kappa shape index (κ2) is 6.71. The van der Waals surface area contributed by atoms with Crippen molar-refractivity contribution in [2.75, 3.05) is 31.5 Å². The maximum Gasteiger partial charge on any atom is 0.289 e. The highest BCUT2D eigenvalue weighted by Crippen LogP contribution is 2.26. The Kier molecular flexibility index (Phi) is 5.14. The fourth-order valence-electron chi connectivity index (χ4n) is 2.23. The molecule has 0 aliphatic carbocycles. The molecule has 0 radical (unpaired) electrons. The standard InChI is InChI=1S/C12H14BrN3O5S/c13-9-12(17)14-5-7-15(8-6-14)22(20,21)11-4-2-1-3-10(11)16(18)19/h1-4H,5-9H2. The van der Waals surface area contributed by atoms with Gasteiger partial charge in [-0.1, -0.05) is 28.1 Å². The molecule has 1 aromatic carbocycles. The van der Waals surface area contributed by atoms with Gasteiger partial charge in [-0.05, 0) is 6.07 Å². The van der Waals surface area contributed by atoms with E-state index >= 15 is 0 Å². The highest BCUT2D eigenvalue weighted by molar-refractivity contribution is 9.09. The van der Waals surface area contributed by atoms with Crippen molar-refractivity contribution in [2.45, 2.75) is 4.90 Å². The summed E-state index contributed by atoms with van der Waals surface area (Å²) in [6.45, 7) is 0.773. The molecule has 120 valence electrons. The van der Waals surface area contributed by atoms with Gasteiger partial charge < -0.3 is 4.90 Å². The van der Waals surface area contributed by atoms with E-state index in [0.29, 0.717) is 0 Å². The van der Waals surface area contributed by atoms with Crippen LogP contribution in [0.1, 0.15) is 0 Å². The van der Waals surface area contributed by atoms with Gasteiger partial charge >= 0.3 is 0 Å². The lowest BCUT2D eigenvalue weighted by atomic mass is 10.3. The molecule has 10 heteroatoms. The van der Waals surface area contributed by atoms with Gasteiger partial charge in [0.1, 0.15) is 0 Å². The molecule has 1 aromatic rings. The first-order chi connectivity index (χ1) is 10.4. The lowest BCUT2D eigenvalue weighted by Crippen LogP contribution is -2.50. The van der Waals surface area contributed by atoms with E-state index in [1.165, 1.54) is 22.5 Å². The number of nitro groups is 1. The fourth-order valence-corrected chi connectivity index (χ4v) is 4.16. The van der Waals surface area contributed by atoms with Crippen LogP contribution in [0.3, 0.4) is 0 Å². The van der Waals surface area contributed by atoms with Gasteiger partial charge in [0.05, 0.1) is 10.3 Å². The normalized spacial score (nSPS) is 16.5. The van der Waals surface area contributed by atoms with E-state index in [1.807, 2.05) is 0 Å². The number of sulfonamides is 1.